The van der Waals surface area contributed by atoms with Gasteiger partial charge in [-0.15, -0.1) is 0 Å². The highest BCUT2D eigenvalue weighted by Crippen LogP contribution is 2.51. The summed E-state index contributed by atoms with van der Waals surface area (Å²) in [6, 6.07) is 0.431. The molecule has 1 aliphatic heterocycles. The van der Waals surface area contributed by atoms with Crippen molar-refractivity contribution in [3.8, 4) is 6.01 Å². The van der Waals surface area contributed by atoms with Crippen LogP contribution in [0.25, 0.3) is 0 Å². The molecule has 2 aliphatic rings. The van der Waals surface area contributed by atoms with Crippen LogP contribution in [-0.4, -0.2) is 46.8 Å². The second-order valence-corrected chi connectivity index (χ2v) is 5.34. The van der Waals surface area contributed by atoms with Gasteiger partial charge in [0.25, 0.3) is 0 Å². The first-order valence-corrected chi connectivity index (χ1v) is 6.42. The lowest BCUT2D eigenvalue weighted by Gasteiger charge is -2.19. The van der Waals surface area contributed by atoms with Gasteiger partial charge < -0.3 is 9.84 Å². The third-order valence-electron chi connectivity index (χ3n) is 4.29. The monoisotopic (exact) mass is 249 g/mol. The zero-order chi connectivity index (χ0) is 12.7. The summed E-state index contributed by atoms with van der Waals surface area (Å²) in [5, 5.41) is 9.14. The molecule has 0 spiro atoms. The van der Waals surface area contributed by atoms with Crippen LogP contribution < -0.4 is 4.74 Å². The van der Waals surface area contributed by atoms with Crippen LogP contribution in [0.15, 0.2) is 6.20 Å². The molecule has 1 saturated carbocycles. The third-order valence-corrected chi connectivity index (χ3v) is 4.29. The van der Waals surface area contributed by atoms with E-state index in [-0.39, 0.29) is 0 Å². The first kappa shape index (κ1) is 11.9. The van der Waals surface area contributed by atoms with Crippen LogP contribution >= 0.6 is 0 Å². The summed E-state index contributed by atoms with van der Waals surface area (Å²) in [6.07, 6.45) is 1.86. The maximum absolute atomic E-state index is 9.14. The quantitative estimate of drug-likeness (QED) is 0.840. The van der Waals surface area contributed by atoms with E-state index in [4.69, 9.17) is 9.84 Å². The Morgan fingerprint density at radius 1 is 1.44 bits per heavy atom. The van der Waals surface area contributed by atoms with Crippen molar-refractivity contribution in [2.75, 3.05) is 26.8 Å². The lowest BCUT2D eigenvalue weighted by atomic mass is 10.2. The summed E-state index contributed by atoms with van der Waals surface area (Å²) in [7, 11) is 1.58. The molecule has 3 rings (SSSR count). The minimum Gasteiger partial charge on any atom is -0.467 e. The molecule has 1 N–H and O–H groups in total. The molecule has 1 aliphatic carbocycles. The predicted molar refractivity (Wildman–Crippen MR) is 66.2 cm³/mol. The predicted octanol–water partition coefficient (Wildman–Crippen LogP) is 0.464. The molecule has 1 saturated heterocycles. The Hall–Kier alpha value is -1.20. The molecule has 1 unspecified atom stereocenters. The number of fused-ring (bicyclic) bond motifs is 1. The average Bonchev–Trinajstić information content (AvgIpc) is 2.86. The molecule has 1 aromatic heterocycles. The maximum atomic E-state index is 9.14. The van der Waals surface area contributed by atoms with E-state index < -0.39 is 0 Å². The summed E-state index contributed by atoms with van der Waals surface area (Å²) < 4.78 is 5.01. The van der Waals surface area contributed by atoms with Crippen LogP contribution in [0.2, 0.25) is 0 Å². The van der Waals surface area contributed by atoms with Crippen molar-refractivity contribution in [1.82, 2.24) is 14.9 Å². The number of nitrogens with zero attached hydrogens (tertiary/aromatic N) is 3. The van der Waals surface area contributed by atoms with Crippen molar-refractivity contribution in [3.63, 3.8) is 0 Å². The van der Waals surface area contributed by atoms with Gasteiger partial charge in [-0.2, -0.15) is 0 Å². The fraction of sp³-hybridized carbons (Fsp3) is 0.692. The first-order chi connectivity index (χ1) is 8.72. The molecule has 0 radical (unpaired) electrons. The van der Waals surface area contributed by atoms with E-state index in [1.807, 2.05) is 13.1 Å². The highest BCUT2D eigenvalue weighted by molar-refractivity contribution is 5.18. The topological polar surface area (TPSA) is 58.5 Å². The molecular formula is C13H19N3O2. The number of aliphatic hydroxyl groups excluding tert-OH is 1. The van der Waals surface area contributed by atoms with E-state index in [0.717, 1.165) is 42.7 Å². The van der Waals surface area contributed by atoms with E-state index in [0.29, 0.717) is 18.5 Å². The van der Waals surface area contributed by atoms with Crippen LogP contribution in [0.3, 0.4) is 0 Å². The fourth-order valence-corrected chi connectivity index (χ4v) is 3.10. The summed E-state index contributed by atoms with van der Waals surface area (Å²) in [5.41, 5.74) is 2.15. The molecule has 5 nitrogen and oxygen atoms in total. The Morgan fingerprint density at radius 3 is 2.72 bits per heavy atom. The zero-order valence-corrected chi connectivity index (χ0v) is 10.8. The van der Waals surface area contributed by atoms with Crippen LogP contribution in [0.5, 0.6) is 6.01 Å². The standard InChI is InChI=1S/C13H19N3O2/c1-8-9(3-14-13(15-8)18-2)4-16-5-10-11(6-16)12(10)7-17/h3,10-12,17H,4-7H2,1-2H3/t10-,11+,12?. The number of ether oxygens (including phenoxy) is 1. The van der Waals surface area contributed by atoms with Crippen LogP contribution in [0.1, 0.15) is 11.3 Å². The van der Waals surface area contributed by atoms with Gasteiger partial charge in [0, 0.05) is 43.7 Å². The Labute approximate surface area is 107 Å². The van der Waals surface area contributed by atoms with Gasteiger partial charge in [-0.1, -0.05) is 0 Å². The minimum atomic E-state index is 0.355. The largest absolute Gasteiger partial charge is 0.467 e. The molecule has 1 aromatic rings. The Morgan fingerprint density at radius 2 is 2.17 bits per heavy atom. The number of methoxy groups -OCH3 is 1. The number of piperidine rings is 1. The van der Waals surface area contributed by atoms with Crippen molar-refractivity contribution in [2.24, 2.45) is 17.8 Å². The summed E-state index contributed by atoms with van der Waals surface area (Å²) in [4.78, 5) is 10.9. The Kier molecular flexibility index (Phi) is 2.95. The van der Waals surface area contributed by atoms with Crippen molar-refractivity contribution in [1.29, 1.82) is 0 Å². The number of rotatable bonds is 4. The number of hydrogen-bond acceptors (Lipinski definition) is 5. The molecule has 18 heavy (non-hydrogen) atoms. The van der Waals surface area contributed by atoms with E-state index in [1.54, 1.807) is 7.11 Å². The summed E-state index contributed by atoms with van der Waals surface area (Å²) >= 11 is 0. The molecule has 0 bridgehead atoms. The zero-order valence-electron chi connectivity index (χ0n) is 10.8. The number of aryl methyl sites for hydroxylation is 1. The molecule has 0 amide bonds. The molecule has 3 atom stereocenters. The maximum Gasteiger partial charge on any atom is 0.316 e. The molecule has 2 heterocycles. The lowest BCUT2D eigenvalue weighted by Crippen LogP contribution is -2.25. The van der Waals surface area contributed by atoms with Gasteiger partial charge >= 0.3 is 6.01 Å². The van der Waals surface area contributed by atoms with Crippen molar-refractivity contribution >= 4 is 0 Å². The van der Waals surface area contributed by atoms with Crippen LogP contribution in [0, 0.1) is 24.7 Å². The number of hydrogen-bond donors (Lipinski definition) is 1. The van der Waals surface area contributed by atoms with E-state index >= 15 is 0 Å². The number of aromatic nitrogens is 2. The molecular weight excluding hydrogens is 230 g/mol. The SMILES string of the molecule is COc1ncc(CN2C[C@@H]3C(CO)[C@@H]3C2)c(C)n1. The van der Waals surface area contributed by atoms with E-state index in [9.17, 15) is 0 Å². The summed E-state index contributed by atoms with van der Waals surface area (Å²) in [5.74, 6) is 2.00. The normalized spacial score (nSPS) is 30.3. The van der Waals surface area contributed by atoms with Gasteiger partial charge in [-0.25, -0.2) is 9.97 Å². The van der Waals surface area contributed by atoms with Gasteiger partial charge in [0.05, 0.1) is 7.11 Å². The smallest absolute Gasteiger partial charge is 0.316 e. The minimum absolute atomic E-state index is 0.355. The fourth-order valence-electron chi connectivity index (χ4n) is 3.10. The van der Waals surface area contributed by atoms with Gasteiger partial charge in [-0.05, 0) is 24.7 Å². The second kappa shape index (κ2) is 4.48. The second-order valence-electron chi connectivity index (χ2n) is 5.34. The molecule has 0 aromatic carbocycles. The Balaban J connectivity index is 1.61. The lowest BCUT2D eigenvalue weighted by molar-refractivity contribution is 0.217. The molecule has 2 fully saturated rings. The first-order valence-electron chi connectivity index (χ1n) is 6.42. The van der Waals surface area contributed by atoms with E-state index in [2.05, 4.69) is 14.9 Å². The molecule has 5 heteroatoms. The highest BCUT2D eigenvalue weighted by Gasteiger charge is 2.54. The summed E-state index contributed by atoms with van der Waals surface area (Å²) in [6.45, 7) is 5.45. The van der Waals surface area contributed by atoms with Gasteiger partial charge in [0.15, 0.2) is 0 Å². The van der Waals surface area contributed by atoms with Crippen LogP contribution in [0.4, 0.5) is 0 Å². The average molecular weight is 249 g/mol. The highest BCUT2D eigenvalue weighted by atomic mass is 16.5. The van der Waals surface area contributed by atoms with Gasteiger partial charge in [-0.3, -0.25) is 4.90 Å². The van der Waals surface area contributed by atoms with Crippen molar-refractivity contribution in [2.45, 2.75) is 13.5 Å². The van der Waals surface area contributed by atoms with Crippen molar-refractivity contribution < 1.29 is 9.84 Å². The van der Waals surface area contributed by atoms with Gasteiger partial charge in [0.2, 0.25) is 0 Å². The number of likely N-dealkylation sites (tertiary alicyclic amines) is 1. The van der Waals surface area contributed by atoms with Crippen molar-refractivity contribution in [3.05, 3.63) is 17.5 Å². The molecule has 98 valence electrons. The van der Waals surface area contributed by atoms with Gasteiger partial charge in [0.1, 0.15) is 0 Å². The Bertz CT molecular complexity index is 440. The van der Waals surface area contributed by atoms with Crippen LogP contribution in [-0.2, 0) is 6.54 Å². The third kappa shape index (κ3) is 1.97. The number of aliphatic hydroxyl groups is 1. The van der Waals surface area contributed by atoms with E-state index in [1.165, 1.54) is 0 Å².